The number of hydrogen-bond donors (Lipinski definition) is 0. The number of carbonyl (C=O) groups excluding carboxylic acids is 3. The summed E-state index contributed by atoms with van der Waals surface area (Å²) in [4.78, 5) is 48.9. The summed E-state index contributed by atoms with van der Waals surface area (Å²) in [7, 11) is 0. The Hall–Kier alpha value is -5.50. The van der Waals surface area contributed by atoms with Crippen LogP contribution < -0.4 is 0 Å². The predicted molar refractivity (Wildman–Crippen MR) is 182 cm³/mol. The van der Waals surface area contributed by atoms with Crippen molar-refractivity contribution in [1.29, 1.82) is 0 Å². The molecule has 18 nitrogen and oxygen atoms in total. The minimum Gasteiger partial charge on any atom is -0.458 e. The smallest absolute Gasteiger partial charge is 0.410 e. The zero-order valence-corrected chi connectivity index (χ0v) is 28.7. The SMILES string of the molecule is CC(=O)O[C@@H]1[C@@H](OC(C)=O)[C@H](N=[N+]=[N-])C[C@H](N=[N+]=[N-])[C@H]1O[C@H]1O[C@H]([C@H](C2CC2)N(Cc2ccccc2)C(=O)OCc2ccccc2)CC[C@@H]1N=[N+]=[N-]. The van der Waals surface area contributed by atoms with Crippen LogP contribution in [-0.4, -0.2) is 77.8 Å². The van der Waals surface area contributed by atoms with Crippen molar-refractivity contribution in [3.63, 3.8) is 0 Å². The van der Waals surface area contributed by atoms with Gasteiger partial charge in [0.1, 0.15) is 18.8 Å². The van der Waals surface area contributed by atoms with E-state index in [1.807, 2.05) is 60.7 Å². The molecule has 3 aliphatic rings. The van der Waals surface area contributed by atoms with Crippen LogP contribution in [0.4, 0.5) is 4.79 Å². The fourth-order valence-electron chi connectivity index (χ4n) is 6.91. The van der Waals surface area contributed by atoms with E-state index in [0.29, 0.717) is 12.8 Å². The van der Waals surface area contributed by atoms with E-state index in [1.165, 1.54) is 0 Å². The van der Waals surface area contributed by atoms with Crippen LogP contribution in [-0.2, 0) is 46.4 Å². The van der Waals surface area contributed by atoms with E-state index < -0.39 is 72.9 Å². The Bertz CT molecular complexity index is 1700. The average Bonchev–Trinajstić information content (AvgIpc) is 3.97. The van der Waals surface area contributed by atoms with Gasteiger partial charge >= 0.3 is 18.0 Å². The largest absolute Gasteiger partial charge is 0.458 e. The maximum atomic E-state index is 14.0. The normalized spacial score (nSPS) is 27.3. The third kappa shape index (κ3) is 9.84. The van der Waals surface area contributed by atoms with Crippen LogP contribution in [0.25, 0.3) is 31.3 Å². The third-order valence-electron chi connectivity index (χ3n) is 9.24. The van der Waals surface area contributed by atoms with Crippen LogP contribution in [0.15, 0.2) is 76.0 Å². The lowest BCUT2D eigenvalue weighted by atomic mass is 9.84. The summed E-state index contributed by atoms with van der Waals surface area (Å²) in [6.07, 6.45) is -4.16. The van der Waals surface area contributed by atoms with Crippen LogP contribution in [0, 0.1) is 5.92 Å². The maximum absolute atomic E-state index is 14.0. The molecule has 18 heteroatoms. The predicted octanol–water partition coefficient (Wildman–Crippen LogP) is 6.80. The Morgan fingerprint density at radius 3 is 1.90 bits per heavy atom. The highest BCUT2D eigenvalue weighted by molar-refractivity contribution is 5.69. The van der Waals surface area contributed by atoms with Gasteiger partial charge in [-0.15, -0.1) is 0 Å². The Morgan fingerprint density at radius 1 is 0.769 bits per heavy atom. The van der Waals surface area contributed by atoms with Gasteiger partial charge in [0.2, 0.25) is 0 Å². The summed E-state index contributed by atoms with van der Waals surface area (Å²) in [6.45, 7) is 2.58. The lowest BCUT2D eigenvalue weighted by Gasteiger charge is -2.46. The molecule has 0 spiro atoms. The summed E-state index contributed by atoms with van der Waals surface area (Å²) in [6, 6.07) is 15.4. The van der Waals surface area contributed by atoms with Gasteiger partial charge in [0.15, 0.2) is 12.4 Å². The lowest BCUT2D eigenvalue weighted by Crippen LogP contribution is -2.61. The second-order valence-corrected chi connectivity index (χ2v) is 12.9. The molecule has 2 aromatic carbocycles. The molecule has 1 saturated heterocycles. The third-order valence-corrected chi connectivity index (χ3v) is 9.24. The molecule has 0 bridgehead atoms. The summed E-state index contributed by atoms with van der Waals surface area (Å²) in [5.74, 6) is -1.44. The first-order chi connectivity index (χ1) is 25.2. The molecule has 0 unspecified atom stereocenters. The monoisotopic (exact) mass is 716 g/mol. The van der Waals surface area contributed by atoms with E-state index in [9.17, 15) is 31.0 Å². The minimum absolute atomic E-state index is 0.0684. The van der Waals surface area contributed by atoms with Crippen LogP contribution in [0.5, 0.6) is 0 Å². The van der Waals surface area contributed by atoms with Crippen molar-refractivity contribution >= 4 is 18.0 Å². The molecule has 2 aliphatic carbocycles. The molecule has 5 rings (SSSR count). The van der Waals surface area contributed by atoms with Gasteiger partial charge in [0.05, 0.1) is 30.3 Å². The number of ether oxygens (including phenoxy) is 5. The molecule has 0 N–H and O–H groups in total. The van der Waals surface area contributed by atoms with E-state index in [2.05, 4.69) is 30.1 Å². The van der Waals surface area contributed by atoms with Gasteiger partial charge in [-0.1, -0.05) is 76.0 Å². The summed E-state index contributed by atoms with van der Waals surface area (Å²) in [5, 5.41) is 11.5. The van der Waals surface area contributed by atoms with Gasteiger partial charge in [-0.25, -0.2) is 4.79 Å². The van der Waals surface area contributed by atoms with Gasteiger partial charge in [0, 0.05) is 35.1 Å². The van der Waals surface area contributed by atoms with Crippen molar-refractivity contribution in [2.75, 3.05) is 0 Å². The van der Waals surface area contributed by atoms with Crippen molar-refractivity contribution in [1.82, 2.24) is 4.90 Å². The Morgan fingerprint density at radius 2 is 1.33 bits per heavy atom. The molecule has 1 amide bonds. The molecule has 3 fully saturated rings. The molecule has 0 radical (unpaired) electrons. The molecule has 1 heterocycles. The van der Waals surface area contributed by atoms with Gasteiger partial charge in [0.25, 0.3) is 0 Å². The number of nitrogens with zero attached hydrogens (tertiary/aromatic N) is 10. The van der Waals surface area contributed by atoms with Gasteiger partial charge in [-0.3, -0.25) is 14.5 Å². The van der Waals surface area contributed by atoms with Crippen LogP contribution in [0.3, 0.4) is 0 Å². The van der Waals surface area contributed by atoms with Crippen molar-refractivity contribution < 1.29 is 38.1 Å². The number of rotatable bonds is 14. The highest BCUT2D eigenvalue weighted by atomic mass is 16.7. The maximum Gasteiger partial charge on any atom is 0.410 e. The number of carbonyl (C=O) groups is 3. The van der Waals surface area contributed by atoms with E-state index in [-0.39, 0.29) is 25.5 Å². The highest BCUT2D eigenvalue weighted by Gasteiger charge is 2.52. The summed E-state index contributed by atoms with van der Waals surface area (Å²) >= 11 is 0. The fourth-order valence-corrected chi connectivity index (χ4v) is 6.91. The number of esters is 2. The van der Waals surface area contributed by atoms with E-state index in [1.54, 1.807) is 4.90 Å². The van der Waals surface area contributed by atoms with Crippen LogP contribution >= 0.6 is 0 Å². The molecule has 2 saturated carbocycles. The minimum atomic E-state index is -1.40. The van der Waals surface area contributed by atoms with E-state index in [4.69, 9.17) is 23.7 Å². The number of azide groups is 3. The van der Waals surface area contributed by atoms with Crippen molar-refractivity contribution in [2.45, 2.75) is 114 Å². The standard InChI is InChI=1S/C34H40N10O8/c1-20(45)49-30-26(39-42-36)17-27(40-43-37)31(32(30)50-21(2)46)52-33-25(38-41-35)15-16-28(51-33)29(24-13-14-24)44(18-22-9-5-3-6-10-22)34(47)48-19-23-11-7-4-8-12-23/h3-12,24-33H,13-19H2,1-2H3/t25-,26+,27-,28-,29-,30-,31+,32+,33+/m0/s1. The lowest BCUT2D eigenvalue weighted by molar-refractivity contribution is -0.265. The first kappa shape index (κ1) is 37.7. The molecule has 0 aromatic heterocycles. The first-order valence-electron chi connectivity index (χ1n) is 17.0. The van der Waals surface area contributed by atoms with Gasteiger partial charge < -0.3 is 23.7 Å². The Labute approximate surface area is 299 Å². The molecule has 52 heavy (non-hydrogen) atoms. The molecular weight excluding hydrogens is 676 g/mol. The number of benzene rings is 2. The second kappa shape index (κ2) is 18.1. The molecule has 9 atom stereocenters. The zero-order chi connectivity index (χ0) is 37.0. The van der Waals surface area contributed by atoms with Gasteiger partial charge in [-0.05, 0) is 65.7 Å². The summed E-state index contributed by atoms with van der Waals surface area (Å²) < 4.78 is 30.0. The van der Waals surface area contributed by atoms with Crippen molar-refractivity contribution in [3.05, 3.63) is 103 Å². The average molecular weight is 717 g/mol. The number of amides is 1. The van der Waals surface area contributed by atoms with Crippen LogP contribution in [0.2, 0.25) is 0 Å². The first-order valence-corrected chi connectivity index (χ1v) is 17.0. The molecule has 1 aliphatic heterocycles. The quantitative estimate of drug-likeness (QED) is 0.0659. The molecule has 274 valence electrons. The van der Waals surface area contributed by atoms with E-state index in [0.717, 1.165) is 37.8 Å². The van der Waals surface area contributed by atoms with Crippen LogP contribution in [0.1, 0.15) is 57.1 Å². The highest BCUT2D eigenvalue weighted by Crippen LogP contribution is 2.43. The Kier molecular flexibility index (Phi) is 13.2. The summed E-state index contributed by atoms with van der Waals surface area (Å²) in [5.41, 5.74) is 29.9. The van der Waals surface area contributed by atoms with Crippen molar-refractivity contribution in [3.8, 4) is 0 Å². The van der Waals surface area contributed by atoms with Crippen molar-refractivity contribution in [2.24, 2.45) is 21.3 Å². The Balaban J connectivity index is 1.47. The van der Waals surface area contributed by atoms with E-state index >= 15 is 0 Å². The topological polar surface area (TPSA) is 247 Å². The zero-order valence-electron chi connectivity index (χ0n) is 28.7. The second-order valence-electron chi connectivity index (χ2n) is 12.9. The number of hydrogen-bond acceptors (Lipinski definition) is 11. The fraction of sp³-hybridized carbons (Fsp3) is 0.559. The van der Waals surface area contributed by atoms with Gasteiger partial charge in [-0.2, -0.15) is 0 Å². The molecular formula is C34H40N10O8. The molecule has 2 aromatic rings.